The fourth-order valence-corrected chi connectivity index (χ4v) is 3.31. The van der Waals surface area contributed by atoms with Crippen LogP contribution in [0.3, 0.4) is 0 Å². The first kappa shape index (κ1) is 22.9. The van der Waals surface area contributed by atoms with Gasteiger partial charge in [-0.25, -0.2) is 4.98 Å². The molecule has 0 saturated carbocycles. The van der Waals surface area contributed by atoms with Crippen LogP contribution in [0.1, 0.15) is 22.7 Å². The number of benzene rings is 1. The summed E-state index contributed by atoms with van der Waals surface area (Å²) in [6.45, 7) is 5.75. The van der Waals surface area contributed by atoms with E-state index in [1.54, 1.807) is 11.3 Å². The summed E-state index contributed by atoms with van der Waals surface area (Å²) in [6.07, 6.45) is 1.08. The van der Waals surface area contributed by atoms with Crippen molar-refractivity contribution in [1.29, 1.82) is 0 Å². The largest absolute Gasteiger partial charge is 0.356 e. The highest BCUT2D eigenvalue weighted by Gasteiger charge is 2.08. The molecule has 0 aliphatic rings. The predicted octanol–water partition coefficient (Wildman–Crippen LogP) is 3.60. The first-order chi connectivity index (χ1) is 12.1. The molecule has 1 heterocycles. The third-order valence-electron chi connectivity index (χ3n) is 3.93. The number of nitrogens with one attached hydrogen (secondary N) is 1. The van der Waals surface area contributed by atoms with Crippen molar-refractivity contribution in [1.82, 2.24) is 20.1 Å². The van der Waals surface area contributed by atoms with Gasteiger partial charge in [-0.1, -0.05) is 30.3 Å². The normalized spacial score (nSPS) is 11.3. The van der Waals surface area contributed by atoms with Crippen LogP contribution in [0.15, 0.2) is 40.7 Å². The van der Waals surface area contributed by atoms with Gasteiger partial charge in [0.05, 0.1) is 17.2 Å². The smallest absolute Gasteiger partial charge is 0.193 e. The second-order valence-corrected chi connectivity index (χ2v) is 7.33. The van der Waals surface area contributed by atoms with Crippen molar-refractivity contribution in [2.75, 3.05) is 34.2 Å². The minimum atomic E-state index is 0. The molecule has 1 aromatic carbocycles. The van der Waals surface area contributed by atoms with Gasteiger partial charge in [0.1, 0.15) is 0 Å². The molecule has 7 heteroatoms. The molecular weight excluding hydrogens is 457 g/mol. The second kappa shape index (κ2) is 12.2. The third kappa shape index (κ3) is 8.01. The van der Waals surface area contributed by atoms with E-state index >= 15 is 0 Å². The van der Waals surface area contributed by atoms with Gasteiger partial charge in [-0.2, -0.15) is 0 Å². The molecule has 1 aromatic heterocycles. The summed E-state index contributed by atoms with van der Waals surface area (Å²) in [7, 11) is 6.04. The Hall–Kier alpha value is -1.19. The van der Waals surface area contributed by atoms with Crippen molar-refractivity contribution < 1.29 is 0 Å². The summed E-state index contributed by atoms with van der Waals surface area (Å²) in [5, 5.41) is 6.65. The van der Waals surface area contributed by atoms with Crippen molar-refractivity contribution in [3.8, 4) is 0 Å². The summed E-state index contributed by atoms with van der Waals surface area (Å²) in [5.41, 5.74) is 2.45. The molecule has 144 valence electrons. The fraction of sp³-hybridized carbons (Fsp3) is 0.474. The van der Waals surface area contributed by atoms with Crippen LogP contribution in [-0.4, -0.2) is 55.0 Å². The predicted molar refractivity (Wildman–Crippen MR) is 122 cm³/mol. The molecular formula is C19H30IN5S. The Morgan fingerprint density at radius 3 is 2.54 bits per heavy atom. The second-order valence-electron chi connectivity index (χ2n) is 6.26. The Kier molecular flexibility index (Phi) is 10.8. The van der Waals surface area contributed by atoms with Gasteiger partial charge in [-0.3, -0.25) is 4.99 Å². The summed E-state index contributed by atoms with van der Waals surface area (Å²) >= 11 is 1.69. The number of hydrogen-bond donors (Lipinski definition) is 1. The van der Waals surface area contributed by atoms with E-state index in [1.165, 1.54) is 5.56 Å². The Morgan fingerprint density at radius 1 is 1.19 bits per heavy atom. The van der Waals surface area contributed by atoms with Crippen LogP contribution in [0.25, 0.3) is 0 Å². The molecule has 0 aliphatic carbocycles. The van der Waals surface area contributed by atoms with Gasteiger partial charge in [-0.05, 0) is 32.5 Å². The maximum Gasteiger partial charge on any atom is 0.193 e. The van der Waals surface area contributed by atoms with Gasteiger partial charge in [0.2, 0.25) is 0 Å². The van der Waals surface area contributed by atoms with Crippen LogP contribution in [-0.2, 0) is 13.1 Å². The maximum atomic E-state index is 4.51. The Bertz CT molecular complexity index is 659. The van der Waals surface area contributed by atoms with Crippen LogP contribution in [0.2, 0.25) is 0 Å². The third-order valence-corrected chi connectivity index (χ3v) is 4.76. The fourth-order valence-electron chi connectivity index (χ4n) is 2.71. The molecule has 0 aliphatic heterocycles. The molecule has 0 saturated heterocycles. The molecule has 0 fully saturated rings. The van der Waals surface area contributed by atoms with Crippen molar-refractivity contribution in [2.24, 2.45) is 4.99 Å². The molecule has 26 heavy (non-hydrogen) atoms. The lowest BCUT2D eigenvalue weighted by molar-refractivity contribution is 0.321. The summed E-state index contributed by atoms with van der Waals surface area (Å²) < 4.78 is 0. The van der Waals surface area contributed by atoms with Crippen molar-refractivity contribution in [3.63, 3.8) is 0 Å². The number of rotatable bonds is 8. The van der Waals surface area contributed by atoms with E-state index in [1.807, 2.05) is 21.0 Å². The maximum absolute atomic E-state index is 4.51. The molecule has 0 amide bonds. The molecule has 0 radical (unpaired) electrons. The number of guanidine groups is 1. The molecule has 0 spiro atoms. The first-order valence-electron chi connectivity index (χ1n) is 8.63. The minimum absolute atomic E-state index is 0. The van der Waals surface area contributed by atoms with E-state index in [0.717, 1.165) is 49.3 Å². The quantitative estimate of drug-likeness (QED) is 0.268. The van der Waals surface area contributed by atoms with Gasteiger partial charge in [0.15, 0.2) is 5.96 Å². The van der Waals surface area contributed by atoms with E-state index in [0.29, 0.717) is 0 Å². The molecule has 0 atom stereocenters. The van der Waals surface area contributed by atoms with E-state index in [9.17, 15) is 0 Å². The lowest BCUT2D eigenvalue weighted by Gasteiger charge is -2.22. The molecule has 0 unspecified atom stereocenters. The number of nitrogens with zero attached hydrogens (tertiary/aromatic N) is 4. The summed E-state index contributed by atoms with van der Waals surface area (Å²) in [5.74, 6) is 0.913. The van der Waals surface area contributed by atoms with Crippen LogP contribution in [0.5, 0.6) is 0 Å². The van der Waals surface area contributed by atoms with Crippen LogP contribution in [0, 0.1) is 6.92 Å². The average molecular weight is 487 g/mol. The molecule has 0 bridgehead atoms. The Balaban J connectivity index is 0.00000338. The highest BCUT2D eigenvalue weighted by molar-refractivity contribution is 14.0. The Labute approximate surface area is 178 Å². The summed E-state index contributed by atoms with van der Waals surface area (Å²) in [6, 6.07) is 10.6. The SMILES string of the molecule is CN=C(NCCCN(C)Cc1ccccc1)N(C)Cc1csc(C)n1.I. The zero-order valence-electron chi connectivity index (χ0n) is 16.1. The zero-order valence-corrected chi connectivity index (χ0v) is 19.3. The van der Waals surface area contributed by atoms with Crippen LogP contribution >= 0.6 is 35.3 Å². The Morgan fingerprint density at radius 2 is 1.92 bits per heavy atom. The number of thiazole rings is 1. The lowest BCUT2D eigenvalue weighted by atomic mass is 10.2. The molecule has 1 N–H and O–H groups in total. The van der Waals surface area contributed by atoms with E-state index in [-0.39, 0.29) is 24.0 Å². The summed E-state index contributed by atoms with van der Waals surface area (Å²) in [4.78, 5) is 13.3. The van der Waals surface area contributed by atoms with Gasteiger partial charge in [0.25, 0.3) is 0 Å². The van der Waals surface area contributed by atoms with Crippen LogP contribution in [0.4, 0.5) is 0 Å². The standard InChI is InChI=1S/C19H29N5S.HI/c1-16-22-18(15-25-16)14-24(4)19(20-2)21-11-8-12-23(3)13-17-9-6-5-7-10-17;/h5-7,9-10,15H,8,11-14H2,1-4H3,(H,20,21);1H. The molecule has 2 rings (SSSR count). The van der Waals surface area contributed by atoms with Gasteiger partial charge in [0, 0.05) is 32.6 Å². The molecule has 5 nitrogen and oxygen atoms in total. The minimum Gasteiger partial charge on any atom is -0.356 e. The zero-order chi connectivity index (χ0) is 18.1. The monoisotopic (exact) mass is 487 g/mol. The van der Waals surface area contributed by atoms with E-state index in [4.69, 9.17) is 0 Å². The van der Waals surface area contributed by atoms with Gasteiger partial charge < -0.3 is 15.1 Å². The lowest BCUT2D eigenvalue weighted by Crippen LogP contribution is -2.39. The van der Waals surface area contributed by atoms with Crippen LogP contribution < -0.4 is 5.32 Å². The number of aryl methyl sites for hydroxylation is 1. The number of aliphatic imine (C=N–C) groups is 1. The van der Waals surface area contributed by atoms with Crippen molar-refractivity contribution in [3.05, 3.63) is 52.0 Å². The average Bonchev–Trinajstić information content (AvgIpc) is 3.00. The van der Waals surface area contributed by atoms with Gasteiger partial charge in [-0.15, -0.1) is 35.3 Å². The number of halogens is 1. The topological polar surface area (TPSA) is 43.8 Å². The molecule has 2 aromatic rings. The first-order valence-corrected chi connectivity index (χ1v) is 9.51. The number of aromatic nitrogens is 1. The van der Waals surface area contributed by atoms with Crippen molar-refractivity contribution >= 4 is 41.3 Å². The number of hydrogen-bond acceptors (Lipinski definition) is 4. The van der Waals surface area contributed by atoms with Gasteiger partial charge >= 0.3 is 0 Å². The van der Waals surface area contributed by atoms with E-state index in [2.05, 4.69) is 67.9 Å². The highest BCUT2D eigenvalue weighted by Crippen LogP contribution is 2.09. The van der Waals surface area contributed by atoms with Crippen molar-refractivity contribution in [2.45, 2.75) is 26.4 Å². The van der Waals surface area contributed by atoms with E-state index < -0.39 is 0 Å². The highest BCUT2D eigenvalue weighted by atomic mass is 127.